The Bertz CT molecular complexity index is 1100. The summed E-state index contributed by atoms with van der Waals surface area (Å²) in [6.07, 6.45) is 2.68. The molecule has 1 aliphatic heterocycles. The standard InChI is InChI=1S/C21H25N3O5S2/c1-13-2-7-17-16(12-13)18(19(22)25)21(30-17)23-20(26)14-3-5-15(6-4-14)31(27,28)24-8-10-29-11-9-24/h3-6,13H,2,7-12H2,1H3,(H2,22,25)(H,23,26). The van der Waals surface area contributed by atoms with E-state index in [4.69, 9.17) is 10.5 Å². The molecule has 1 saturated heterocycles. The topological polar surface area (TPSA) is 119 Å². The second-order valence-electron chi connectivity index (χ2n) is 7.92. The van der Waals surface area contributed by atoms with Crippen molar-refractivity contribution in [1.29, 1.82) is 0 Å². The summed E-state index contributed by atoms with van der Waals surface area (Å²) in [4.78, 5) is 26.1. The Labute approximate surface area is 185 Å². The number of fused-ring (bicyclic) bond motifs is 1. The lowest BCUT2D eigenvalue weighted by molar-refractivity contribution is 0.0730. The highest BCUT2D eigenvalue weighted by molar-refractivity contribution is 7.89. The Hall–Kier alpha value is -2.27. The van der Waals surface area contributed by atoms with Crippen LogP contribution < -0.4 is 11.1 Å². The van der Waals surface area contributed by atoms with Gasteiger partial charge in [0.05, 0.1) is 23.7 Å². The van der Waals surface area contributed by atoms with Gasteiger partial charge in [0.15, 0.2) is 0 Å². The first-order valence-electron chi connectivity index (χ1n) is 10.2. The van der Waals surface area contributed by atoms with Crippen LogP contribution in [0.15, 0.2) is 29.2 Å². The van der Waals surface area contributed by atoms with Crippen molar-refractivity contribution in [2.24, 2.45) is 11.7 Å². The zero-order valence-corrected chi connectivity index (χ0v) is 18.9. The Morgan fingerprint density at radius 3 is 2.52 bits per heavy atom. The van der Waals surface area contributed by atoms with Gasteiger partial charge in [-0.1, -0.05) is 6.92 Å². The van der Waals surface area contributed by atoms with Crippen LogP contribution in [0.3, 0.4) is 0 Å². The first kappa shape index (κ1) is 21.9. The van der Waals surface area contributed by atoms with Crippen molar-refractivity contribution in [3.05, 3.63) is 45.8 Å². The highest BCUT2D eigenvalue weighted by Crippen LogP contribution is 2.39. The molecule has 0 bridgehead atoms. The third-order valence-corrected chi connectivity index (χ3v) is 8.83. The number of sulfonamides is 1. The maximum atomic E-state index is 12.8. The van der Waals surface area contributed by atoms with E-state index in [2.05, 4.69) is 12.2 Å². The van der Waals surface area contributed by atoms with Gasteiger partial charge in [0, 0.05) is 23.5 Å². The number of carbonyl (C=O) groups is 2. The molecule has 2 aromatic rings. The van der Waals surface area contributed by atoms with Gasteiger partial charge in [-0.2, -0.15) is 4.31 Å². The van der Waals surface area contributed by atoms with Crippen LogP contribution in [0.2, 0.25) is 0 Å². The summed E-state index contributed by atoms with van der Waals surface area (Å²) in [7, 11) is -3.63. The third kappa shape index (κ3) is 4.38. The fourth-order valence-electron chi connectivity index (χ4n) is 4.00. The Morgan fingerprint density at radius 1 is 1.19 bits per heavy atom. The molecule has 4 rings (SSSR count). The molecular weight excluding hydrogens is 438 g/mol. The third-order valence-electron chi connectivity index (χ3n) is 5.71. The van der Waals surface area contributed by atoms with Gasteiger partial charge in [-0.3, -0.25) is 9.59 Å². The maximum Gasteiger partial charge on any atom is 0.256 e. The first-order valence-corrected chi connectivity index (χ1v) is 12.5. The number of hydrogen-bond donors (Lipinski definition) is 2. The van der Waals surface area contributed by atoms with E-state index in [9.17, 15) is 18.0 Å². The predicted molar refractivity (Wildman–Crippen MR) is 118 cm³/mol. The fourth-order valence-corrected chi connectivity index (χ4v) is 6.65. The average molecular weight is 464 g/mol. The largest absolute Gasteiger partial charge is 0.379 e. The van der Waals surface area contributed by atoms with Crippen molar-refractivity contribution in [3.8, 4) is 0 Å². The molecule has 1 fully saturated rings. The van der Waals surface area contributed by atoms with Gasteiger partial charge in [-0.15, -0.1) is 11.3 Å². The quantitative estimate of drug-likeness (QED) is 0.705. The van der Waals surface area contributed by atoms with Crippen molar-refractivity contribution in [2.75, 3.05) is 31.6 Å². The number of rotatable bonds is 5. The number of amides is 2. The average Bonchev–Trinajstić information content (AvgIpc) is 3.11. The number of carbonyl (C=O) groups excluding carboxylic acids is 2. The molecule has 3 N–H and O–H groups in total. The number of primary amides is 1. The maximum absolute atomic E-state index is 12.8. The lowest BCUT2D eigenvalue weighted by Crippen LogP contribution is -2.40. The highest BCUT2D eigenvalue weighted by Gasteiger charge is 2.28. The van der Waals surface area contributed by atoms with Gasteiger partial charge >= 0.3 is 0 Å². The molecule has 166 valence electrons. The van der Waals surface area contributed by atoms with Gasteiger partial charge < -0.3 is 15.8 Å². The fraction of sp³-hybridized carbons (Fsp3) is 0.429. The summed E-state index contributed by atoms with van der Waals surface area (Å²) < 4.78 is 32.1. The molecule has 1 unspecified atom stereocenters. The van der Waals surface area contributed by atoms with E-state index in [1.165, 1.54) is 39.9 Å². The van der Waals surface area contributed by atoms with Crippen LogP contribution in [-0.2, 0) is 27.6 Å². The minimum absolute atomic E-state index is 0.129. The molecule has 2 aliphatic rings. The van der Waals surface area contributed by atoms with Crippen molar-refractivity contribution >= 4 is 38.2 Å². The molecule has 1 aromatic heterocycles. The molecule has 0 radical (unpaired) electrons. The molecule has 31 heavy (non-hydrogen) atoms. The van der Waals surface area contributed by atoms with Gasteiger partial charge in [-0.05, 0) is 55.0 Å². The van der Waals surface area contributed by atoms with Gasteiger partial charge in [-0.25, -0.2) is 8.42 Å². The van der Waals surface area contributed by atoms with Gasteiger partial charge in [0.2, 0.25) is 10.0 Å². The zero-order chi connectivity index (χ0) is 22.2. The molecule has 1 aromatic carbocycles. The number of benzene rings is 1. The van der Waals surface area contributed by atoms with Crippen LogP contribution in [0.25, 0.3) is 0 Å². The number of nitrogens with two attached hydrogens (primary N) is 1. The van der Waals surface area contributed by atoms with E-state index in [1.54, 1.807) is 0 Å². The van der Waals surface area contributed by atoms with E-state index in [0.717, 1.165) is 29.7 Å². The molecule has 1 atom stereocenters. The summed E-state index contributed by atoms with van der Waals surface area (Å²) >= 11 is 1.39. The lowest BCUT2D eigenvalue weighted by atomic mass is 9.87. The number of morpholine rings is 1. The van der Waals surface area contributed by atoms with Crippen molar-refractivity contribution < 1.29 is 22.7 Å². The second kappa shape index (κ2) is 8.70. The SMILES string of the molecule is CC1CCc2sc(NC(=O)c3ccc(S(=O)(=O)N4CCOCC4)cc3)c(C(N)=O)c2C1. The van der Waals surface area contributed by atoms with Crippen LogP contribution in [-0.4, -0.2) is 50.8 Å². The van der Waals surface area contributed by atoms with Crippen molar-refractivity contribution in [3.63, 3.8) is 0 Å². The summed E-state index contributed by atoms with van der Waals surface area (Å²) in [5.41, 5.74) is 7.26. The van der Waals surface area contributed by atoms with E-state index in [0.29, 0.717) is 48.3 Å². The number of nitrogens with one attached hydrogen (secondary N) is 1. The predicted octanol–water partition coefficient (Wildman–Crippen LogP) is 2.25. The van der Waals surface area contributed by atoms with Crippen molar-refractivity contribution in [1.82, 2.24) is 4.31 Å². The Kier molecular flexibility index (Phi) is 6.16. The van der Waals surface area contributed by atoms with Gasteiger partial charge in [0.25, 0.3) is 11.8 Å². The number of aryl methyl sites for hydroxylation is 1. The zero-order valence-electron chi connectivity index (χ0n) is 17.2. The number of ether oxygens (including phenoxy) is 1. The molecule has 8 nitrogen and oxygen atoms in total. The first-order chi connectivity index (χ1) is 14.8. The van der Waals surface area contributed by atoms with Gasteiger partial charge in [0.1, 0.15) is 5.00 Å². The van der Waals surface area contributed by atoms with Crippen LogP contribution >= 0.6 is 11.3 Å². The molecule has 0 spiro atoms. The van der Waals surface area contributed by atoms with Crippen LogP contribution in [0.4, 0.5) is 5.00 Å². The minimum Gasteiger partial charge on any atom is -0.379 e. The number of anilines is 1. The molecule has 10 heteroatoms. The molecule has 2 heterocycles. The van der Waals surface area contributed by atoms with Crippen molar-refractivity contribution in [2.45, 2.75) is 31.1 Å². The second-order valence-corrected chi connectivity index (χ2v) is 11.0. The van der Waals surface area contributed by atoms with Crippen LogP contribution in [0.1, 0.15) is 44.5 Å². The van der Waals surface area contributed by atoms with E-state index >= 15 is 0 Å². The lowest BCUT2D eigenvalue weighted by Gasteiger charge is -2.26. The number of nitrogens with zero attached hydrogens (tertiary/aromatic N) is 1. The van der Waals surface area contributed by atoms with E-state index in [1.807, 2.05) is 0 Å². The number of hydrogen-bond acceptors (Lipinski definition) is 6. The van der Waals surface area contributed by atoms with E-state index in [-0.39, 0.29) is 4.90 Å². The normalized spacial score (nSPS) is 19.6. The molecule has 2 amide bonds. The monoisotopic (exact) mass is 463 g/mol. The van der Waals surface area contributed by atoms with E-state index < -0.39 is 21.8 Å². The Balaban J connectivity index is 1.54. The highest BCUT2D eigenvalue weighted by atomic mass is 32.2. The summed E-state index contributed by atoms with van der Waals surface area (Å²) in [6.45, 7) is 3.48. The smallest absolute Gasteiger partial charge is 0.256 e. The number of thiophene rings is 1. The summed E-state index contributed by atoms with van der Waals surface area (Å²) in [5.74, 6) is -0.497. The van der Waals surface area contributed by atoms with Crippen LogP contribution in [0, 0.1) is 5.92 Å². The minimum atomic E-state index is -3.63. The molecule has 0 saturated carbocycles. The summed E-state index contributed by atoms with van der Waals surface area (Å²) in [6, 6.07) is 5.80. The summed E-state index contributed by atoms with van der Waals surface area (Å²) in [5, 5.41) is 3.26. The molecular formula is C21H25N3O5S2. The van der Waals surface area contributed by atoms with Crippen LogP contribution in [0.5, 0.6) is 0 Å². The Morgan fingerprint density at radius 2 is 1.87 bits per heavy atom. The molecule has 1 aliphatic carbocycles.